The zero-order valence-corrected chi connectivity index (χ0v) is 8.89. The molecule has 0 saturated heterocycles. The first-order valence-electron chi connectivity index (χ1n) is 4.73. The van der Waals surface area contributed by atoms with Gasteiger partial charge in [0.15, 0.2) is 0 Å². The van der Waals surface area contributed by atoms with E-state index in [1.54, 1.807) is 0 Å². The lowest BCUT2D eigenvalue weighted by molar-refractivity contribution is 0.820. The van der Waals surface area contributed by atoms with Gasteiger partial charge in [-0.2, -0.15) is 0 Å². The van der Waals surface area contributed by atoms with Gasteiger partial charge in [0.1, 0.15) is 0 Å². The summed E-state index contributed by atoms with van der Waals surface area (Å²) in [6, 6.07) is 0. The molecule has 0 radical (unpaired) electrons. The molecule has 1 aromatic heterocycles. The molecule has 2 N–H and O–H groups in total. The molecule has 1 heterocycles. The van der Waals surface area contributed by atoms with Gasteiger partial charge >= 0.3 is 0 Å². The van der Waals surface area contributed by atoms with Gasteiger partial charge in [-0.05, 0) is 36.5 Å². The monoisotopic (exact) mass is 178 g/mol. The summed E-state index contributed by atoms with van der Waals surface area (Å²) in [7, 11) is 0. The Labute approximate surface area is 80.2 Å². The van der Waals surface area contributed by atoms with Gasteiger partial charge in [-0.15, -0.1) is 0 Å². The van der Waals surface area contributed by atoms with E-state index in [0.717, 1.165) is 11.3 Å². The number of aromatic nitrogens is 1. The molecule has 0 bridgehead atoms. The Balaban J connectivity index is 3.30. The lowest BCUT2D eigenvalue weighted by Crippen LogP contribution is -2.06. The van der Waals surface area contributed by atoms with Crippen LogP contribution in [0, 0.1) is 13.8 Å². The molecular weight excluding hydrogens is 160 g/mol. The number of rotatable bonds is 2. The van der Waals surface area contributed by atoms with Gasteiger partial charge in [0.2, 0.25) is 0 Å². The fraction of sp³-hybridized carbons (Fsp3) is 0.545. The molecule has 0 aliphatic rings. The molecule has 1 rings (SSSR count). The fourth-order valence-corrected chi connectivity index (χ4v) is 1.84. The summed E-state index contributed by atoms with van der Waals surface area (Å²) < 4.78 is 0. The molecule has 2 heteroatoms. The molecule has 0 spiro atoms. The number of pyridine rings is 1. The van der Waals surface area contributed by atoms with E-state index in [9.17, 15) is 0 Å². The van der Waals surface area contributed by atoms with E-state index in [1.807, 2.05) is 6.20 Å². The van der Waals surface area contributed by atoms with E-state index in [0.29, 0.717) is 12.5 Å². The van der Waals surface area contributed by atoms with E-state index in [2.05, 4.69) is 32.7 Å². The van der Waals surface area contributed by atoms with Crippen molar-refractivity contribution in [2.45, 2.75) is 40.2 Å². The Morgan fingerprint density at radius 3 is 2.46 bits per heavy atom. The summed E-state index contributed by atoms with van der Waals surface area (Å²) in [4.78, 5) is 4.35. The van der Waals surface area contributed by atoms with Gasteiger partial charge < -0.3 is 5.73 Å². The van der Waals surface area contributed by atoms with Gasteiger partial charge in [0.05, 0.1) is 0 Å². The van der Waals surface area contributed by atoms with Gasteiger partial charge in [0.25, 0.3) is 0 Å². The van der Waals surface area contributed by atoms with Crippen LogP contribution in [0.25, 0.3) is 0 Å². The highest BCUT2D eigenvalue weighted by molar-refractivity contribution is 5.37. The van der Waals surface area contributed by atoms with Crippen LogP contribution in [-0.4, -0.2) is 4.98 Å². The summed E-state index contributed by atoms with van der Waals surface area (Å²) in [5, 5.41) is 0. The first-order chi connectivity index (χ1) is 6.07. The highest BCUT2D eigenvalue weighted by Gasteiger charge is 2.10. The predicted molar refractivity (Wildman–Crippen MR) is 55.7 cm³/mol. The molecule has 0 aliphatic carbocycles. The lowest BCUT2D eigenvalue weighted by atomic mass is 9.94. The summed E-state index contributed by atoms with van der Waals surface area (Å²) in [5.74, 6) is 0.527. The maximum Gasteiger partial charge on any atom is 0.0410 e. The average molecular weight is 178 g/mol. The van der Waals surface area contributed by atoms with Crippen LogP contribution in [0.2, 0.25) is 0 Å². The Bertz CT molecular complexity index is 303. The highest BCUT2D eigenvalue weighted by atomic mass is 14.7. The molecule has 72 valence electrons. The Kier molecular flexibility index (Phi) is 3.04. The van der Waals surface area contributed by atoms with Crippen molar-refractivity contribution in [2.24, 2.45) is 5.73 Å². The molecule has 0 fully saturated rings. The molecule has 2 nitrogen and oxygen atoms in total. The molecule has 0 saturated carbocycles. The lowest BCUT2D eigenvalue weighted by Gasteiger charge is -2.15. The van der Waals surface area contributed by atoms with Crippen molar-refractivity contribution in [1.82, 2.24) is 4.98 Å². The first-order valence-corrected chi connectivity index (χ1v) is 4.73. The molecule has 0 aromatic carbocycles. The number of aryl methyl sites for hydroxylation is 1. The maximum absolute atomic E-state index is 5.63. The van der Waals surface area contributed by atoms with Crippen LogP contribution < -0.4 is 5.73 Å². The summed E-state index contributed by atoms with van der Waals surface area (Å²) in [6.45, 7) is 9.16. The van der Waals surface area contributed by atoms with Gasteiger partial charge in [-0.3, -0.25) is 4.98 Å². The number of hydrogen-bond donors (Lipinski definition) is 1. The standard InChI is InChI=1S/C11H18N2/c1-7(2)11-8(3)10(5-12)6-13-9(11)4/h6-7H,5,12H2,1-4H3. The second kappa shape index (κ2) is 3.88. The van der Waals surface area contributed by atoms with Crippen LogP contribution >= 0.6 is 0 Å². The van der Waals surface area contributed by atoms with E-state index in [-0.39, 0.29) is 0 Å². The number of hydrogen-bond acceptors (Lipinski definition) is 2. The van der Waals surface area contributed by atoms with Crippen molar-refractivity contribution >= 4 is 0 Å². The van der Waals surface area contributed by atoms with Crippen LogP contribution in [0.3, 0.4) is 0 Å². The van der Waals surface area contributed by atoms with Crippen molar-refractivity contribution in [1.29, 1.82) is 0 Å². The fourth-order valence-electron chi connectivity index (χ4n) is 1.84. The molecule has 13 heavy (non-hydrogen) atoms. The van der Waals surface area contributed by atoms with Gasteiger partial charge in [0, 0.05) is 18.4 Å². The molecule has 1 aromatic rings. The van der Waals surface area contributed by atoms with Crippen molar-refractivity contribution in [3.8, 4) is 0 Å². The summed E-state index contributed by atoms with van der Waals surface area (Å²) >= 11 is 0. The average Bonchev–Trinajstić information content (AvgIpc) is 2.04. The van der Waals surface area contributed by atoms with E-state index in [1.165, 1.54) is 11.1 Å². The minimum atomic E-state index is 0.527. The minimum absolute atomic E-state index is 0.527. The predicted octanol–water partition coefficient (Wildman–Crippen LogP) is 2.28. The normalized spacial score (nSPS) is 10.9. The van der Waals surface area contributed by atoms with Crippen LogP contribution in [-0.2, 0) is 6.54 Å². The topological polar surface area (TPSA) is 38.9 Å². The zero-order chi connectivity index (χ0) is 10.0. The third-order valence-electron chi connectivity index (χ3n) is 2.49. The molecule has 0 amide bonds. The van der Waals surface area contributed by atoms with Gasteiger partial charge in [-0.1, -0.05) is 13.8 Å². The summed E-state index contributed by atoms with van der Waals surface area (Å²) in [6.07, 6.45) is 1.89. The summed E-state index contributed by atoms with van der Waals surface area (Å²) in [5.41, 5.74) is 10.6. The van der Waals surface area contributed by atoms with Crippen molar-refractivity contribution < 1.29 is 0 Å². The third kappa shape index (κ3) is 1.89. The SMILES string of the molecule is Cc1ncc(CN)c(C)c1C(C)C. The van der Waals surface area contributed by atoms with E-state index < -0.39 is 0 Å². The molecule has 0 aliphatic heterocycles. The van der Waals surface area contributed by atoms with Crippen LogP contribution in [0.15, 0.2) is 6.20 Å². The number of nitrogens with zero attached hydrogens (tertiary/aromatic N) is 1. The Morgan fingerprint density at radius 2 is 2.00 bits per heavy atom. The van der Waals surface area contributed by atoms with Gasteiger partial charge in [-0.25, -0.2) is 0 Å². The second-order valence-electron chi connectivity index (χ2n) is 3.77. The number of nitrogens with two attached hydrogens (primary N) is 1. The van der Waals surface area contributed by atoms with Crippen molar-refractivity contribution in [3.05, 3.63) is 28.6 Å². The van der Waals surface area contributed by atoms with Crippen molar-refractivity contribution in [2.75, 3.05) is 0 Å². The highest BCUT2D eigenvalue weighted by Crippen LogP contribution is 2.23. The van der Waals surface area contributed by atoms with Crippen molar-refractivity contribution in [3.63, 3.8) is 0 Å². The molecule has 0 atom stereocenters. The molecule has 0 unspecified atom stereocenters. The van der Waals surface area contributed by atoms with Crippen LogP contribution in [0.4, 0.5) is 0 Å². The zero-order valence-electron chi connectivity index (χ0n) is 8.89. The van der Waals surface area contributed by atoms with Crippen LogP contribution in [0.5, 0.6) is 0 Å². The largest absolute Gasteiger partial charge is 0.326 e. The van der Waals surface area contributed by atoms with E-state index in [4.69, 9.17) is 5.73 Å². The Hall–Kier alpha value is -0.890. The molecular formula is C11H18N2. The second-order valence-corrected chi connectivity index (χ2v) is 3.77. The van der Waals surface area contributed by atoms with Crippen LogP contribution in [0.1, 0.15) is 42.1 Å². The third-order valence-corrected chi connectivity index (χ3v) is 2.49. The first kappa shape index (κ1) is 10.2. The smallest absolute Gasteiger partial charge is 0.0410 e. The quantitative estimate of drug-likeness (QED) is 0.754. The van der Waals surface area contributed by atoms with E-state index >= 15 is 0 Å². The minimum Gasteiger partial charge on any atom is -0.326 e. The maximum atomic E-state index is 5.63. The Morgan fingerprint density at radius 1 is 1.38 bits per heavy atom.